The van der Waals surface area contributed by atoms with Crippen LogP contribution in [0.1, 0.15) is 12.1 Å². The van der Waals surface area contributed by atoms with E-state index in [2.05, 4.69) is 11.9 Å². The Balaban J connectivity index is 2.61. The Labute approximate surface area is 55.5 Å². The molecular weight excluding hydrogens is 112 g/mol. The molecule has 1 radical (unpaired) electrons. The fourth-order valence-corrected chi connectivity index (χ4v) is 0.777. The van der Waals surface area contributed by atoms with Gasteiger partial charge >= 0.3 is 0 Å². The van der Waals surface area contributed by atoms with Crippen molar-refractivity contribution in [2.24, 2.45) is 0 Å². The average Bonchev–Trinajstić information content (AvgIpc) is 2.17. The number of aromatic nitrogens is 2. The molecule has 0 spiro atoms. The quantitative estimate of drug-likeness (QED) is 0.581. The molecule has 0 atom stereocenters. The largest absolute Gasteiger partial charge is 0.337 e. The molecule has 0 aliphatic carbocycles. The first-order chi connectivity index (χ1) is 4.33. The van der Waals surface area contributed by atoms with E-state index < -0.39 is 0 Å². The summed E-state index contributed by atoms with van der Waals surface area (Å²) in [6, 6.07) is 0. The first-order valence-corrected chi connectivity index (χ1v) is 3.10. The summed E-state index contributed by atoms with van der Waals surface area (Å²) in [5.41, 5.74) is 1.07. The van der Waals surface area contributed by atoms with Gasteiger partial charge in [0.15, 0.2) is 0 Å². The molecule has 1 heterocycles. The fourth-order valence-electron chi connectivity index (χ4n) is 0.777. The lowest BCUT2D eigenvalue weighted by molar-refractivity contribution is 0.707. The van der Waals surface area contributed by atoms with Gasteiger partial charge in [0, 0.05) is 12.7 Å². The molecule has 1 rings (SSSR count). The maximum atomic E-state index is 4.07. The molecule has 0 unspecified atom stereocenters. The van der Waals surface area contributed by atoms with E-state index in [0.29, 0.717) is 0 Å². The minimum absolute atomic E-state index is 0.926. The predicted molar refractivity (Wildman–Crippen MR) is 36.9 cm³/mol. The molecule has 0 saturated heterocycles. The van der Waals surface area contributed by atoms with E-state index >= 15 is 0 Å². The monoisotopic (exact) mass is 123 g/mol. The van der Waals surface area contributed by atoms with Crippen molar-refractivity contribution in [3.05, 3.63) is 25.1 Å². The normalized spacial score (nSPS) is 10.0. The number of imidazole rings is 1. The molecule has 1 aromatic rings. The standard InChI is InChI=1S/C7H11N2/c1-3-4-9-5-7(2)8-6-9/h5-6H,1,3-4H2,2H3. The number of nitrogens with zero attached hydrogens (tertiary/aromatic N) is 2. The van der Waals surface area contributed by atoms with Gasteiger partial charge in [-0.1, -0.05) is 6.92 Å². The minimum Gasteiger partial charge on any atom is -0.337 e. The summed E-state index contributed by atoms with van der Waals surface area (Å²) in [7, 11) is 0. The lowest BCUT2D eigenvalue weighted by Crippen LogP contribution is -1.90. The number of hydrogen-bond acceptors (Lipinski definition) is 1. The van der Waals surface area contributed by atoms with Gasteiger partial charge in [-0.15, -0.1) is 0 Å². The molecule has 0 aliphatic heterocycles. The Kier molecular flexibility index (Phi) is 1.88. The molecule has 0 bridgehead atoms. The van der Waals surface area contributed by atoms with Crippen LogP contribution in [0.2, 0.25) is 0 Å². The molecule has 9 heavy (non-hydrogen) atoms. The Hall–Kier alpha value is -0.790. The van der Waals surface area contributed by atoms with Crippen molar-refractivity contribution in [2.75, 3.05) is 0 Å². The lowest BCUT2D eigenvalue weighted by atomic mass is 10.5. The summed E-state index contributed by atoms with van der Waals surface area (Å²) in [4.78, 5) is 4.07. The van der Waals surface area contributed by atoms with Crippen molar-refractivity contribution in [3.63, 3.8) is 0 Å². The van der Waals surface area contributed by atoms with Gasteiger partial charge in [0.2, 0.25) is 0 Å². The molecule has 0 aromatic carbocycles. The summed E-state index contributed by atoms with van der Waals surface area (Å²) in [6.45, 7) is 6.70. The lowest BCUT2D eigenvalue weighted by Gasteiger charge is -1.93. The van der Waals surface area contributed by atoms with Crippen molar-refractivity contribution >= 4 is 0 Å². The Morgan fingerprint density at radius 2 is 2.56 bits per heavy atom. The molecule has 0 fully saturated rings. The Bertz CT molecular complexity index is 179. The van der Waals surface area contributed by atoms with Gasteiger partial charge in [-0.25, -0.2) is 4.98 Å². The second kappa shape index (κ2) is 2.67. The van der Waals surface area contributed by atoms with Crippen LogP contribution in [0.15, 0.2) is 12.5 Å². The highest BCUT2D eigenvalue weighted by molar-refractivity contribution is 4.91. The predicted octanol–water partition coefficient (Wildman–Crippen LogP) is 1.42. The van der Waals surface area contributed by atoms with Gasteiger partial charge in [-0.05, 0) is 13.3 Å². The number of hydrogen-bond donors (Lipinski definition) is 0. The molecule has 1 aromatic heterocycles. The van der Waals surface area contributed by atoms with E-state index in [1.165, 1.54) is 0 Å². The smallest absolute Gasteiger partial charge is 0.0949 e. The van der Waals surface area contributed by atoms with Gasteiger partial charge in [0.05, 0.1) is 12.0 Å². The van der Waals surface area contributed by atoms with Crippen LogP contribution in [0.5, 0.6) is 0 Å². The van der Waals surface area contributed by atoms with Crippen LogP contribution in [0.25, 0.3) is 0 Å². The van der Waals surface area contributed by atoms with Crippen LogP contribution in [0.4, 0.5) is 0 Å². The first kappa shape index (κ1) is 6.33. The molecule has 2 nitrogen and oxygen atoms in total. The highest BCUT2D eigenvalue weighted by atomic mass is 15.0. The third-order valence-corrected chi connectivity index (χ3v) is 1.18. The van der Waals surface area contributed by atoms with Gasteiger partial charge in [0.1, 0.15) is 0 Å². The SMILES string of the molecule is [CH2]CCn1cnc(C)c1. The third kappa shape index (κ3) is 1.56. The number of aryl methyl sites for hydroxylation is 2. The maximum Gasteiger partial charge on any atom is 0.0949 e. The van der Waals surface area contributed by atoms with Crippen LogP contribution >= 0.6 is 0 Å². The van der Waals surface area contributed by atoms with E-state index in [0.717, 1.165) is 18.7 Å². The zero-order chi connectivity index (χ0) is 6.69. The van der Waals surface area contributed by atoms with Crippen LogP contribution in [0.3, 0.4) is 0 Å². The molecule has 0 amide bonds. The van der Waals surface area contributed by atoms with E-state index in [1.807, 2.05) is 24.0 Å². The topological polar surface area (TPSA) is 17.8 Å². The highest BCUT2D eigenvalue weighted by Crippen LogP contribution is 1.93. The van der Waals surface area contributed by atoms with Crippen molar-refractivity contribution in [2.45, 2.75) is 19.9 Å². The van der Waals surface area contributed by atoms with Crippen molar-refractivity contribution in [1.29, 1.82) is 0 Å². The molecule has 0 saturated carbocycles. The minimum atomic E-state index is 0.926. The Morgan fingerprint density at radius 3 is 3.00 bits per heavy atom. The molecule has 2 heteroatoms. The van der Waals surface area contributed by atoms with Gasteiger partial charge < -0.3 is 4.57 Å². The van der Waals surface area contributed by atoms with Crippen LogP contribution < -0.4 is 0 Å². The third-order valence-electron chi connectivity index (χ3n) is 1.18. The van der Waals surface area contributed by atoms with Crippen molar-refractivity contribution in [1.82, 2.24) is 9.55 Å². The second-order valence-corrected chi connectivity index (χ2v) is 2.11. The summed E-state index contributed by atoms with van der Waals surface area (Å²) in [6.07, 6.45) is 4.78. The molecule has 0 aliphatic rings. The first-order valence-electron chi connectivity index (χ1n) is 3.10. The van der Waals surface area contributed by atoms with Gasteiger partial charge in [0.25, 0.3) is 0 Å². The highest BCUT2D eigenvalue weighted by Gasteiger charge is 1.88. The zero-order valence-electron chi connectivity index (χ0n) is 5.67. The van der Waals surface area contributed by atoms with E-state index in [-0.39, 0.29) is 0 Å². The van der Waals surface area contributed by atoms with E-state index in [1.54, 1.807) is 0 Å². The van der Waals surface area contributed by atoms with Gasteiger partial charge in [-0.3, -0.25) is 0 Å². The van der Waals surface area contributed by atoms with Crippen LogP contribution in [0, 0.1) is 13.8 Å². The zero-order valence-corrected chi connectivity index (χ0v) is 5.67. The second-order valence-electron chi connectivity index (χ2n) is 2.11. The average molecular weight is 123 g/mol. The summed E-state index contributed by atoms with van der Waals surface area (Å²) < 4.78 is 2.04. The molecular formula is C7H11N2. The van der Waals surface area contributed by atoms with Crippen molar-refractivity contribution in [3.8, 4) is 0 Å². The number of rotatable bonds is 2. The molecule has 49 valence electrons. The van der Waals surface area contributed by atoms with Gasteiger partial charge in [-0.2, -0.15) is 0 Å². The summed E-state index contributed by atoms with van der Waals surface area (Å²) in [5, 5.41) is 0. The fraction of sp³-hybridized carbons (Fsp3) is 0.429. The summed E-state index contributed by atoms with van der Waals surface area (Å²) >= 11 is 0. The van der Waals surface area contributed by atoms with E-state index in [4.69, 9.17) is 0 Å². The van der Waals surface area contributed by atoms with Crippen LogP contribution in [-0.4, -0.2) is 9.55 Å². The van der Waals surface area contributed by atoms with E-state index in [9.17, 15) is 0 Å². The van der Waals surface area contributed by atoms with Crippen molar-refractivity contribution < 1.29 is 0 Å². The molecule has 0 N–H and O–H groups in total. The maximum absolute atomic E-state index is 4.07. The summed E-state index contributed by atoms with van der Waals surface area (Å²) in [5.74, 6) is 0. The Morgan fingerprint density at radius 1 is 1.78 bits per heavy atom. The van der Waals surface area contributed by atoms with Crippen LogP contribution in [-0.2, 0) is 6.54 Å².